The van der Waals surface area contributed by atoms with E-state index in [1.807, 2.05) is 4.90 Å². The average Bonchev–Trinajstić information content (AvgIpc) is 3.08. The van der Waals surface area contributed by atoms with Gasteiger partial charge in [-0.25, -0.2) is 4.98 Å². The first-order valence-electron chi connectivity index (χ1n) is 9.08. The van der Waals surface area contributed by atoms with E-state index >= 15 is 0 Å². The van der Waals surface area contributed by atoms with Gasteiger partial charge in [0.15, 0.2) is 5.13 Å². The molecule has 0 spiro atoms. The summed E-state index contributed by atoms with van der Waals surface area (Å²) in [7, 11) is 0. The summed E-state index contributed by atoms with van der Waals surface area (Å²) in [5.74, 6) is -0.345. The van der Waals surface area contributed by atoms with Crippen molar-refractivity contribution < 1.29 is 31.1 Å². The van der Waals surface area contributed by atoms with Crippen LogP contribution >= 0.6 is 11.3 Å². The number of hydrogen-bond donors (Lipinski definition) is 2. The number of hydrogen-bond acceptors (Lipinski definition) is 5. The fourth-order valence-corrected chi connectivity index (χ4v) is 3.74. The Labute approximate surface area is 177 Å². The minimum Gasteiger partial charge on any atom is -0.364 e. The summed E-state index contributed by atoms with van der Waals surface area (Å²) in [5.41, 5.74) is -1.91. The predicted molar refractivity (Wildman–Crippen MR) is 104 cm³/mol. The highest BCUT2D eigenvalue weighted by molar-refractivity contribution is 7.13. The highest BCUT2D eigenvalue weighted by atomic mass is 32.1. The van der Waals surface area contributed by atoms with Crippen LogP contribution in [0.1, 0.15) is 22.4 Å². The van der Waals surface area contributed by atoms with Crippen LogP contribution in [0, 0.1) is 0 Å². The number of benzene rings is 1. The monoisotopic (exact) mass is 464 g/mol. The third-order valence-corrected chi connectivity index (χ3v) is 5.31. The first kappa shape index (κ1) is 23.1. The first-order valence-corrected chi connectivity index (χ1v) is 9.96. The van der Waals surface area contributed by atoms with E-state index in [9.17, 15) is 31.1 Å². The lowest BCUT2D eigenvalue weighted by Gasteiger charge is -2.30. The number of aromatic nitrogens is 1. The van der Waals surface area contributed by atoms with Gasteiger partial charge in [0.1, 0.15) is 0 Å². The summed E-state index contributed by atoms with van der Waals surface area (Å²) in [4.78, 5) is 18.1. The molecule has 1 amide bonds. The summed E-state index contributed by atoms with van der Waals surface area (Å²) in [6.07, 6.45) is -10.1. The van der Waals surface area contributed by atoms with Crippen molar-refractivity contribution in [3.8, 4) is 0 Å². The Kier molecular flexibility index (Phi) is 6.60. The van der Waals surface area contributed by atoms with E-state index in [0.29, 0.717) is 31.8 Å². The molecule has 0 radical (unpaired) electrons. The van der Waals surface area contributed by atoms with Crippen molar-refractivity contribution in [2.45, 2.75) is 18.8 Å². The minimum atomic E-state index is -4.91. The van der Waals surface area contributed by atoms with Gasteiger partial charge in [-0.2, -0.15) is 26.3 Å². The molecule has 1 aliphatic heterocycles. The molecule has 1 aliphatic rings. The smallest absolute Gasteiger partial charge is 0.364 e. The van der Waals surface area contributed by atoms with Crippen LogP contribution in [0.2, 0.25) is 0 Å². The largest absolute Gasteiger partial charge is 0.416 e. The van der Waals surface area contributed by atoms with Crippen molar-refractivity contribution in [3.63, 3.8) is 0 Å². The lowest BCUT2D eigenvalue weighted by molar-refractivity contribution is -0.143. The molecule has 2 aromatic rings. The maximum atomic E-state index is 13.0. The molecule has 0 bridgehead atoms. The van der Waals surface area contributed by atoms with Gasteiger partial charge in [-0.15, -0.1) is 11.3 Å². The van der Waals surface area contributed by atoms with Gasteiger partial charge in [0.2, 0.25) is 5.91 Å². The van der Waals surface area contributed by atoms with Crippen LogP contribution in [0.4, 0.5) is 31.5 Å². The summed E-state index contributed by atoms with van der Waals surface area (Å²) >= 11 is 1.04. The summed E-state index contributed by atoms with van der Waals surface area (Å²) in [6, 6.07) is 1.42. The van der Waals surface area contributed by atoms with E-state index in [1.165, 1.54) is 5.38 Å². The standard InChI is InChI=1S/C19H18F6N4OS/c1-11-8-26-2-3-29(11)9-16(30)28-17-27-15(10-31-17)6-12-4-13(18(20,21)22)7-14(5-12)19(23,24)25/h4-5,7,10,26H,1-3,6,8-9H2,(H,27,28,30). The van der Waals surface area contributed by atoms with Gasteiger partial charge >= 0.3 is 12.4 Å². The second-order valence-corrected chi connectivity index (χ2v) is 7.81. The summed E-state index contributed by atoms with van der Waals surface area (Å²) < 4.78 is 78.0. The number of carbonyl (C=O) groups excluding carboxylic acids is 1. The number of anilines is 1. The SMILES string of the molecule is C=C1CNCCN1CC(=O)Nc1nc(Cc2cc(C(F)(F)F)cc(C(F)(F)F)c2)cs1. The quantitative estimate of drug-likeness (QED) is 0.654. The Balaban J connectivity index is 1.70. The van der Waals surface area contributed by atoms with E-state index in [-0.39, 0.29) is 41.3 Å². The molecule has 1 aromatic carbocycles. The first-order chi connectivity index (χ1) is 14.4. The van der Waals surface area contributed by atoms with Crippen LogP contribution in [-0.2, 0) is 23.6 Å². The molecule has 31 heavy (non-hydrogen) atoms. The molecule has 1 saturated heterocycles. The van der Waals surface area contributed by atoms with E-state index in [4.69, 9.17) is 0 Å². The Morgan fingerprint density at radius 1 is 1.16 bits per heavy atom. The molecular weight excluding hydrogens is 446 g/mol. The molecule has 12 heteroatoms. The third kappa shape index (κ3) is 6.20. The van der Waals surface area contributed by atoms with Crippen molar-refractivity contribution >= 4 is 22.4 Å². The van der Waals surface area contributed by atoms with E-state index in [0.717, 1.165) is 17.0 Å². The van der Waals surface area contributed by atoms with Crippen LogP contribution in [-0.4, -0.2) is 42.0 Å². The van der Waals surface area contributed by atoms with Gasteiger partial charge in [0.25, 0.3) is 0 Å². The molecular formula is C19H18F6N4OS. The number of nitrogens with zero attached hydrogens (tertiary/aromatic N) is 2. The zero-order chi connectivity index (χ0) is 22.8. The molecule has 3 rings (SSSR count). The average molecular weight is 464 g/mol. The topological polar surface area (TPSA) is 57.3 Å². The number of carbonyl (C=O) groups is 1. The molecule has 1 fully saturated rings. The number of alkyl halides is 6. The van der Waals surface area contributed by atoms with E-state index in [1.54, 1.807) is 0 Å². The third-order valence-electron chi connectivity index (χ3n) is 4.50. The molecule has 168 valence electrons. The van der Waals surface area contributed by atoms with Crippen molar-refractivity contribution in [1.82, 2.24) is 15.2 Å². The number of thiazole rings is 1. The van der Waals surface area contributed by atoms with Gasteiger partial charge < -0.3 is 15.5 Å². The fraction of sp³-hybridized carbons (Fsp3) is 0.368. The second kappa shape index (κ2) is 8.87. The number of amides is 1. The molecule has 0 atom stereocenters. The van der Waals surface area contributed by atoms with Crippen LogP contribution in [0.5, 0.6) is 0 Å². The summed E-state index contributed by atoms with van der Waals surface area (Å²) in [5, 5.41) is 7.40. The van der Waals surface area contributed by atoms with Gasteiger partial charge in [0.05, 0.1) is 23.4 Å². The Bertz CT molecular complexity index is 937. The zero-order valence-corrected chi connectivity index (χ0v) is 16.8. The second-order valence-electron chi connectivity index (χ2n) is 6.95. The normalized spacial score (nSPS) is 15.3. The zero-order valence-electron chi connectivity index (χ0n) is 16.0. The highest BCUT2D eigenvalue weighted by Crippen LogP contribution is 2.36. The summed E-state index contributed by atoms with van der Waals surface area (Å²) in [6.45, 7) is 5.84. The molecule has 5 nitrogen and oxygen atoms in total. The molecule has 1 aromatic heterocycles. The number of nitrogens with one attached hydrogen (secondary N) is 2. The van der Waals surface area contributed by atoms with Crippen LogP contribution < -0.4 is 10.6 Å². The van der Waals surface area contributed by atoms with Crippen molar-refractivity contribution in [3.05, 3.63) is 58.2 Å². The van der Waals surface area contributed by atoms with E-state index < -0.39 is 23.5 Å². The highest BCUT2D eigenvalue weighted by Gasteiger charge is 2.36. The molecule has 2 heterocycles. The Hall–Kier alpha value is -2.60. The Morgan fingerprint density at radius 3 is 2.39 bits per heavy atom. The molecule has 0 aliphatic carbocycles. The number of piperazine rings is 1. The van der Waals surface area contributed by atoms with Crippen molar-refractivity contribution in [2.75, 3.05) is 31.5 Å². The van der Waals surface area contributed by atoms with Gasteiger partial charge in [-0.3, -0.25) is 4.79 Å². The van der Waals surface area contributed by atoms with Gasteiger partial charge in [0, 0.05) is 37.1 Å². The van der Waals surface area contributed by atoms with Crippen molar-refractivity contribution in [1.29, 1.82) is 0 Å². The van der Waals surface area contributed by atoms with Crippen LogP contribution in [0.3, 0.4) is 0 Å². The van der Waals surface area contributed by atoms with Gasteiger partial charge in [-0.1, -0.05) is 6.58 Å². The lowest BCUT2D eigenvalue weighted by Crippen LogP contribution is -2.44. The molecule has 0 unspecified atom stereocenters. The van der Waals surface area contributed by atoms with Gasteiger partial charge in [-0.05, 0) is 23.8 Å². The minimum absolute atomic E-state index is 0.0675. The number of rotatable bonds is 5. The lowest BCUT2D eigenvalue weighted by atomic mass is 10.0. The maximum absolute atomic E-state index is 13.0. The van der Waals surface area contributed by atoms with Crippen LogP contribution in [0.15, 0.2) is 35.9 Å². The maximum Gasteiger partial charge on any atom is 0.416 e. The Morgan fingerprint density at radius 2 is 1.81 bits per heavy atom. The van der Waals surface area contributed by atoms with Crippen molar-refractivity contribution in [2.24, 2.45) is 0 Å². The van der Waals surface area contributed by atoms with Crippen LogP contribution in [0.25, 0.3) is 0 Å². The predicted octanol–water partition coefficient (Wildman–Crippen LogP) is 4.13. The fourth-order valence-electron chi connectivity index (χ4n) is 3.02. The molecule has 2 N–H and O–H groups in total. The van der Waals surface area contributed by atoms with E-state index in [2.05, 4.69) is 22.2 Å². The number of halogens is 6. The molecule has 0 saturated carbocycles.